The number of carboxylic acids is 1. The summed E-state index contributed by atoms with van der Waals surface area (Å²) in [6, 6.07) is 13.3. The first kappa shape index (κ1) is 18.4. The fraction of sp³-hybridized carbons (Fsp3) is 0.176. The maximum atomic E-state index is 12.4. The topological polar surface area (TPSA) is 83.5 Å². The average Bonchev–Trinajstić information content (AvgIpc) is 2.56. The number of hydrogen-bond donors (Lipinski definition) is 2. The van der Waals surface area contributed by atoms with Gasteiger partial charge in [-0.2, -0.15) is 0 Å². The molecular formula is C17H16BrNO4S. The highest BCUT2D eigenvalue weighted by Gasteiger charge is 2.20. The maximum absolute atomic E-state index is 12.4. The van der Waals surface area contributed by atoms with Gasteiger partial charge in [0.1, 0.15) is 5.25 Å². The number of rotatable bonds is 6. The van der Waals surface area contributed by atoms with Crippen LogP contribution in [0.15, 0.2) is 53.0 Å². The maximum Gasteiger partial charge on any atom is 0.335 e. The molecule has 0 bridgehead atoms. The highest BCUT2D eigenvalue weighted by molar-refractivity contribution is 9.10. The minimum Gasteiger partial charge on any atom is -0.478 e. The van der Waals surface area contributed by atoms with Crippen LogP contribution >= 0.6 is 15.9 Å². The van der Waals surface area contributed by atoms with Crippen LogP contribution in [0.3, 0.4) is 0 Å². The second kappa shape index (κ2) is 8.21. The molecule has 0 aromatic heterocycles. The molecule has 0 fully saturated rings. The Kier molecular flexibility index (Phi) is 6.28. The van der Waals surface area contributed by atoms with Crippen molar-refractivity contribution in [2.75, 3.05) is 5.32 Å². The summed E-state index contributed by atoms with van der Waals surface area (Å²) in [6.07, 6.45) is 0. The lowest BCUT2D eigenvalue weighted by Gasteiger charge is -2.12. The van der Waals surface area contributed by atoms with Crippen molar-refractivity contribution in [3.63, 3.8) is 0 Å². The summed E-state index contributed by atoms with van der Waals surface area (Å²) in [4.78, 5) is 23.2. The molecule has 0 saturated carbocycles. The summed E-state index contributed by atoms with van der Waals surface area (Å²) in [5.41, 5.74) is 1.38. The van der Waals surface area contributed by atoms with Gasteiger partial charge in [-0.15, -0.1) is 0 Å². The van der Waals surface area contributed by atoms with Crippen molar-refractivity contribution in [2.45, 2.75) is 17.9 Å². The van der Waals surface area contributed by atoms with Gasteiger partial charge >= 0.3 is 5.97 Å². The number of hydrogen-bond acceptors (Lipinski definition) is 3. The lowest BCUT2D eigenvalue weighted by Crippen LogP contribution is -2.29. The standard InChI is InChI=1S/C17H16BrNO4S/c1-11(16(20)19-15-7-5-14(18)6-8-15)24(23)10-12-3-2-4-13(9-12)17(21)22/h2-9,11H,10H2,1H3,(H,19,20)(H,21,22). The van der Waals surface area contributed by atoms with Gasteiger partial charge in [0.15, 0.2) is 0 Å². The number of carbonyl (C=O) groups is 2. The zero-order valence-electron chi connectivity index (χ0n) is 12.9. The van der Waals surface area contributed by atoms with Crippen molar-refractivity contribution in [1.82, 2.24) is 0 Å². The summed E-state index contributed by atoms with van der Waals surface area (Å²) in [6.45, 7) is 1.59. The quantitative estimate of drug-likeness (QED) is 0.765. The molecule has 126 valence electrons. The molecular weight excluding hydrogens is 394 g/mol. The minimum atomic E-state index is -1.46. The van der Waals surface area contributed by atoms with Crippen LogP contribution in [0.5, 0.6) is 0 Å². The van der Waals surface area contributed by atoms with E-state index in [0.717, 1.165) is 4.47 Å². The predicted octanol–water partition coefficient (Wildman–Crippen LogP) is 3.42. The Balaban J connectivity index is 2.00. The molecule has 2 N–H and O–H groups in total. The first-order valence-electron chi connectivity index (χ1n) is 7.12. The van der Waals surface area contributed by atoms with E-state index in [1.54, 1.807) is 43.3 Å². The molecule has 0 saturated heterocycles. The first-order valence-corrected chi connectivity index (χ1v) is 9.30. The number of anilines is 1. The molecule has 0 spiro atoms. The molecule has 0 heterocycles. The minimum absolute atomic E-state index is 0.121. The lowest BCUT2D eigenvalue weighted by molar-refractivity contribution is -0.115. The van der Waals surface area contributed by atoms with Crippen molar-refractivity contribution in [2.24, 2.45) is 0 Å². The zero-order chi connectivity index (χ0) is 17.7. The Hall–Kier alpha value is -1.99. The van der Waals surface area contributed by atoms with Gasteiger partial charge in [-0.25, -0.2) is 4.79 Å². The van der Waals surface area contributed by atoms with E-state index < -0.39 is 22.0 Å². The van der Waals surface area contributed by atoms with Crippen LogP contribution in [0.2, 0.25) is 0 Å². The molecule has 2 aromatic rings. The summed E-state index contributed by atoms with van der Waals surface area (Å²) < 4.78 is 13.3. The Morgan fingerprint density at radius 3 is 2.50 bits per heavy atom. The number of aromatic carboxylic acids is 1. The van der Waals surface area contributed by atoms with Gasteiger partial charge in [0, 0.05) is 26.7 Å². The van der Waals surface area contributed by atoms with Crippen LogP contribution in [0.4, 0.5) is 5.69 Å². The zero-order valence-corrected chi connectivity index (χ0v) is 15.3. The van der Waals surface area contributed by atoms with E-state index in [1.165, 1.54) is 12.1 Å². The normalized spacial score (nSPS) is 13.1. The predicted molar refractivity (Wildman–Crippen MR) is 97.5 cm³/mol. The fourth-order valence-corrected chi connectivity index (χ4v) is 3.30. The smallest absolute Gasteiger partial charge is 0.335 e. The summed E-state index contributed by atoms with van der Waals surface area (Å²) in [7, 11) is -1.46. The molecule has 2 unspecified atom stereocenters. The van der Waals surface area contributed by atoms with Gasteiger partial charge in [0.2, 0.25) is 5.91 Å². The Labute approximate surface area is 150 Å². The van der Waals surface area contributed by atoms with Gasteiger partial charge < -0.3 is 10.4 Å². The molecule has 1 amide bonds. The molecule has 0 aliphatic heterocycles. The summed E-state index contributed by atoms with van der Waals surface area (Å²) in [5.74, 6) is -1.26. The third-order valence-electron chi connectivity index (χ3n) is 3.36. The second-order valence-corrected chi connectivity index (χ2v) is 7.84. The first-order chi connectivity index (χ1) is 11.4. The van der Waals surface area contributed by atoms with E-state index in [9.17, 15) is 13.8 Å². The number of nitrogens with one attached hydrogen (secondary N) is 1. The summed E-state index contributed by atoms with van der Waals surface area (Å²) >= 11 is 3.31. The highest BCUT2D eigenvalue weighted by atomic mass is 79.9. The van der Waals surface area contributed by atoms with E-state index in [-0.39, 0.29) is 17.2 Å². The van der Waals surface area contributed by atoms with Gasteiger partial charge in [-0.05, 0) is 48.9 Å². The van der Waals surface area contributed by atoms with Crippen LogP contribution in [0.25, 0.3) is 0 Å². The van der Waals surface area contributed by atoms with Gasteiger partial charge in [0.25, 0.3) is 0 Å². The Morgan fingerprint density at radius 1 is 1.21 bits per heavy atom. The Bertz CT molecular complexity index is 776. The lowest BCUT2D eigenvalue weighted by atomic mass is 10.1. The van der Waals surface area contributed by atoms with Crippen LogP contribution in [-0.2, 0) is 21.3 Å². The van der Waals surface area contributed by atoms with Crippen LogP contribution in [-0.4, -0.2) is 26.4 Å². The fourth-order valence-electron chi connectivity index (χ4n) is 1.98. The monoisotopic (exact) mass is 409 g/mol. The van der Waals surface area contributed by atoms with Crippen molar-refractivity contribution in [1.29, 1.82) is 0 Å². The third-order valence-corrected chi connectivity index (χ3v) is 5.51. The third kappa shape index (κ3) is 5.01. The molecule has 2 aromatic carbocycles. The van der Waals surface area contributed by atoms with E-state index >= 15 is 0 Å². The highest BCUT2D eigenvalue weighted by Crippen LogP contribution is 2.16. The molecule has 2 atom stereocenters. The van der Waals surface area contributed by atoms with Crippen molar-refractivity contribution >= 4 is 44.3 Å². The number of benzene rings is 2. The number of amides is 1. The second-order valence-electron chi connectivity index (χ2n) is 5.17. The van der Waals surface area contributed by atoms with Crippen LogP contribution in [0, 0.1) is 0 Å². The molecule has 0 radical (unpaired) electrons. The number of carbonyl (C=O) groups excluding carboxylic acids is 1. The van der Waals surface area contributed by atoms with E-state index in [4.69, 9.17) is 5.11 Å². The molecule has 2 rings (SSSR count). The van der Waals surface area contributed by atoms with E-state index in [1.807, 2.05) is 0 Å². The molecule has 24 heavy (non-hydrogen) atoms. The molecule has 5 nitrogen and oxygen atoms in total. The van der Waals surface area contributed by atoms with E-state index in [2.05, 4.69) is 21.2 Å². The number of halogens is 1. The SMILES string of the molecule is CC(C(=O)Nc1ccc(Br)cc1)S(=O)Cc1cccc(C(=O)O)c1. The largest absolute Gasteiger partial charge is 0.478 e. The molecule has 0 aliphatic carbocycles. The van der Waals surface area contributed by atoms with Crippen LogP contribution < -0.4 is 5.32 Å². The molecule has 7 heteroatoms. The van der Waals surface area contributed by atoms with Gasteiger partial charge in [-0.1, -0.05) is 28.1 Å². The molecule has 0 aliphatic rings. The van der Waals surface area contributed by atoms with Gasteiger partial charge in [0.05, 0.1) is 5.56 Å². The van der Waals surface area contributed by atoms with Gasteiger partial charge in [-0.3, -0.25) is 9.00 Å². The van der Waals surface area contributed by atoms with Crippen LogP contribution in [0.1, 0.15) is 22.8 Å². The summed E-state index contributed by atoms with van der Waals surface area (Å²) in [5, 5.41) is 11.0. The van der Waals surface area contributed by atoms with Crippen molar-refractivity contribution in [3.05, 3.63) is 64.1 Å². The Morgan fingerprint density at radius 2 is 1.88 bits per heavy atom. The van der Waals surface area contributed by atoms with Crippen molar-refractivity contribution in [3.8, 4) is 0 Å². The average molecular weight is 410 g/mol. The number of carboxylic acid groups (broad SMARTS) is 1. The van der Waals surface area contributed by atoms with Crippen molar-refractivity contribution < 1.29 is 18.9 Å². The van der Waals surface area contributed by atoms with E-state index in [0.29, 0.717) is 11.3 Å².